The summed E-state index contributed by atoms with van der Waals surface area (Å²) in [5, 5.41) is 2.81. The minimum absolute atomic E-state index is 0.102. The van der Waals surface area contributed by atoms with Gasteiger partial charge in [0, 0.05) is 6.21 Å². The SMILES string of the molecule is Cc1ccc(C)c(N=Cc2ccc(OCC(=O)Nc3ccccc3F)c(Cl)c2)c1. The molecule has 0 saturated carbocycles. The fourth-order valence-corrected chi connectivity index (χ4v) is 2.85. The third-order valence-corrected chi connectivity index (χ3v) is 4.48. The molecule has 0 radical (unpaired) electrons. The van der Waals surface area contributed by atoms with Crippen molar-refractivity contribution < 1.29 is 13.9 Å². The van der Waals surface area contributed by atoms with Gasteiger partial charge in [0.05, 0.1) is 16.4 Å². The van der Waals surface area contributed by atoms with E-state index in [0.717, 1.165) is 22.4 Å². The van der Waals surface area contributed by atoms with Crippen LogP contribution in [0.5, 0.6) is 5.75 Å². The Bertz CT molecular complexity index is 1070. The molecule has 0 atom stereocenters. The molecule has 0 bridgehead atoms. The van der Waals surface area contributed by atoms with Crippen LogP contribution in [0.15, 0.2) is 65.7 Å². The van der Waals surface area contributed by atoms with Crippen molar-refractivity contribution in [3.8, 4) is 5.75 Å². The van der Waals surface area contributed by atoms with E-state index in [1.807, 2.05) is 32.0 Å². The molecular formula is C23H20ClFN2O2. The number of ether oxygens (including phenoxy) is 1. The van der Waals surface area contributed by atoms with E-state index >= 15 is 0 Å². The molecular weight excluding hydrogens is 391 g/mol. The quantitative estimate of drug-likeness (QED) is 0.517. The van der Waals surface area contributed by atoms with Crippen molar-refractivity contribution >= 4 is 35.1 Å². The summed E-state index contributed by atoms with van der Waals surface area (Å²) in [6.45, 7) is 3.73. The van der Waals surface area contributed by atoms with Crippen molar-refractivity contribution in [1.29, 1.82) is 0 Å². The van der Waals surface area contributed by atoms with Crippen LogP contribution >= 0.6 is 11.6 Å². The number of amides is 1. The summed E-state index contributed by atoms with van der Waals surface area (Å²) < 4.78 is 19.0. The van der Waals surface area contributed by atoms with E-state index in [1.165, 1.54) is 12.1 Å². The number of carbonyl (C=O) groups is 1. The number of benzene rings is 3. The molecule has 148 valence electrons. The Morgan fingerprint density at radius 1 is 1.14 bits per heavy atom. The first-order valence-corrected chi connectivity index (χ1v) is 9.38. The predicted octanol–water partition coefficient (Wildman–Crippen LogP) is 5.86. The van der Waals surface area contributed by atoms with Crippen LogP contribution in [0.25, 0.3) is 0 Å². The average Bonchev–Trinajstić information content (AvgIpc) is 2.69. The average molecular weight is 411 g/mol. The van der Waals surface area contributed by atoms with Crippen molar-refractivity contribution in [3.05, 3.63) is 88.2 Å². The van der Waals surface area contributed by atoms with E-state index in [2.05, 4.69) is 10.3 Å². The third kappa shape index (κ3) is 5.65. The molecule has 0 spiro atoms. The van der Waals surface area contributed by atoms with Crippen LogP contribution in [-0.4, -0.2) is 18.7 Å². The zero-order valence-electron chi connectivity index (χ0n) is 16.1. The predicted molar refractivity (Wildman–Crippen MR) is 115 cm³/mol. The molecule has 29 heavy (non-hydrogen) atoms. The molecule has 0 aliphatic carbocycles. The first-order valence-electron chi connectivity index (χ1n) is 9.00. The Morgan fingerprint density at radius 2 is 1.93 bits per heavy atom. The van der Waals surface area contributed by atoms with Crippen LogP contribution in [0, 0.1) is 19.7 Å². The second-order valence-corrected chi connectivity index (χ2v) is 6.96. The van der Waals surface area contributed by atoms with Crippen molar-refractivity contribution in [1.82, 2.24) is 0 Å². The van der Waals surface area contributed by atoms with E-state index in [-0.39, 0.29) is 12.3 Å². The maximum atomic E-state index is 13.6. The van der Waals surface area contributed by atoms with Crippen LogP contribution in [0.4, 0.5) is 15.8 Å². The second-order valence-electron chi connectivity index (χ2n) is 6.55. The van der Waals surface area contributed by atoms with Crippen LogP contribution in [0.3, 0.4) is 0 Å². The van der Waals surface area contributed by atoms with Gasteiger partial charge in [-0.15, -0.1) is 0 Å². The number of hydrogen-bond acceptors (Lipinski definition) is 3. The van der Waals surface area contributed by atoms with E-state index < -0.39 is 11.7 Å². The van der Waals surface area contributed by atoms with Gasteiger partial charge in [-0.1, -0.05) is 35.9 Å². The van der Waals surface area contributed by atoms with Crippen LogP contribution in [0.2, 0.25) is 5.02 Å². The van der Waals surface area contributed by atoms with Gasteiger partial charge in [-0.3, -0.25) is 9.79 Å². The van der Waals surface area contributed by atoms with E-state index in [4.69, 9.17) is 16.3 Å². The number of aliphatic imine (C=N–C) groups is 1. The van der Waals surface area contributed by atoms with Crippen molar-refractivity contribution in [2.24, 2.45) is 4.99 Å². The van der Waals surface area contributed by atoms with Gasteiger partial charge in [-0.25, -0.2) is 4.39 Å². The summed E-state index contributed by atoms with van der Waals surface area (Å²) >= 11 is 6.26. The first-order chi connectivity index (χ1) is 13.9. The Morgan fingerprint density at radius 3 is 2.69 bits per heavy atom. The molecule has 0 unspecified atom stereocenters. The lowest BCUT2D eigenvalue weighted by Gasteiger charge is -2.10. The third-order valence-electron chi connectivity index (χ3n) is 4.18. The second kappa shape index (κ2) is 9.34. The minimum atomic E-state index is -0.508. The van der Waals surface area contributed by atoms with Crippen molar-refractivity contribution in [2.45, 2.75) is 13.8 Å². The molecule has 3 aromatic rings. The number of para-hydroxylation sites is 1. The Balaban J connectivity index is 1.62. The molecule has 0 fully saturated rings. The van der Waals surface area contributed by atoms with Gasteiger partial charge in [-0.2, -0.15) is 0 Å². The Hall–Kier alpha value is -3.18. The molecule has 0 aliphatic rings. The van der Waals surface area contributed by atoms with Gasteiger partial charge in [0.2, 0.25) is 0 Å². The summed E-state index contributed by atoms with van der Waals surface area (Å²) in [7, 11) is 0. The van der Waals surface area contributed by atoms with Crippen molar-refractivity contribution in [2.75, 3.05) is 11.9 Å². The molecule has 3 aromatic carbocycles. The van der Waals surface area contributed by atoms with Crippen LogP contribution in [0.1, 0.15) is 16.7 Å². The van der Waals surface area contributed by atoms with Gasteiger partial charge in [0.15, 0.2) is 6.61 Å². The normalized spacial score (nSPS) is 10.9. The number of carbonyl (C=O) groups excluding carboxylic acids is 1. The highest BCUT2D eigenvalue weighted by atomic mass is 35.5. The van der Waals surface area contributed by atoms with Gasteiger partial charge in [0.25, 0.3) is 5.91 Å². The number of anilines is 1. The summed E-state index contributed by atoms with van der Waals surface area (Å²) in [5.41, 5.74) is 4.02. The monoisotopic (exact) mass is 410 g/mol. The lowest BCUT2D eigenvalue weighted by molar-refractivity contribution is -0.118. The fraction of sp³-hybridized carbons (Fsp3) is 0.130. The van der Waals surface area contributed by atoms with E-state index in [0.29, 0.717) is 10.8 Å². The topological polar surface area (TPSA) is 50.7 Å². The number of aryl methyl sites for hydroxylation is 2. The molecule has 0 saturated heterocycles. The molecule has 4 nitrogen and oxygen atoms in total. The van der Waals surface area contributed by atoms with Crippen molar-refractivity contribution in [3.63, 3.8) is 0 Å². The minimum Gasteiger partial charge on any atom is -0.482 e. The number of rotatable bonds is 6. The molecule has 6 heteroatoms. The maximum Gasteiger partial charge on any atom is 0.262 e. The number of hydrogen-bond donors (Lipinski definition) is 1. The molecule has 0 aromatic heterocycles. The highest BCUT2D eigenvalue weighted by Crippen LogP contribution is 2.26. The highest BCUT2D eigenvalue weighted by molar-refractivity contribution is 6.32. The Labute approximate surface area is 174 Å². The fourth-order valence-electron chi connectivity index (χ4n) is 2.61. The largest absolute Gasteiger partial charge is 0.482 e. The highest BCUT2D eigenvalue weighted by Gasteiger charge is 2.09. The summed E-state index contributed by atoms with van der Waals surface area (Å²) in [6, 6.07) is 17.2. The molecule has 0 aliphatic heterocycles. The Kier molecular flexibility index (Phi) is 6.62. The van der Waals surface area contributed by atoms with E-state index in [1.54, 1.807) is 36.5 Å². The van der Waals surface area contributed by atoms with Gasteiger partial charge < -0.3 is 10.1 Å². The van der Waals surface area contributed by atoms with Gasteiger partial charge >= 0.3 is 0 Å². The lowest BCUT2D eigenvalue weighted by Crippen LogP contribution is -2.20. The standard InChI is InChI=1S/C23H20ClFN2O2/c1-15-7-8-16(2)21(11-15)26-13-17-9-10-22(18(24)12-17)29-14-23(28)27-20-6-4-3-5-19(20)25/h3-13H,14H2,1-2H3,(H,27,28). The molecule has 0 heterocycles. The molecule has 1 amide bonds. The summed E-state index contributed by atoms with van der Waals surface area (Å²) in [5.74, 6) is -0.627. The number of nitrogens with zero attached hydrogens (tertiary/aromatic N) is 1. The molecule has 3 rings (SSSR count). The smallest absolute Gasteiger partial charge is 0.262 e. The van der Waals surface area contributed by atoms with E-state index in [9.17, 15) is 9.18 Å². The summed E-state index contributed by atoms with van der Waals surface area (Å²) in [6.07, 6.45) is 1.72. The number of nitrogens with one attached hydrogen (secondary N) is 1. The molecule has 1 N–H and O–H groups in total. The zero-order valence-corrected chi connectivity index (χ0v) is 16.8. The van der Waals surface area contributed by atoms with Gasteiger partial charge in [-0.05, 0) is 66.9 Å². The maximum absolute atomic E-state index is 13.6. The first kappa shape index (κ1) is 20.6. The zero-order chi connectivity index (χ0) is 20.8. The van der Waals surface area contributed by atoms with Crippen LogP contribution < -0.4 is 10.1 Å². The lowest BCUT2D eigenvalue weighted by atomic mass is 10.1. The van der Waals surface area contributed by atoms with Gasteiger partial charge in [0.1, 0.15) is 11.6 Å². The van der Waals surface area contributed by atoms with Crippen LogP contribution in [-0.2, 0) is 4.79 Å². The summed E-state index contributed by atoms with van der Waals surface area (Å²) in [4.78, 5) is 16.5. The number of halogens is 2.